The second-order valence-corrected chi connectivity index (χ2v) is 10.5. The average Bonchev–Trinajstić information content (AvgIpc) is 3.09. The Kier molecular flexibility index (Phi) is 8.69. The van der Waals surface area contributed by atoms with Crippen molar-refractivity contribution in [2.45, 2.75) is 46.2 Å². The molecule has 2 aromatic rings. The largest absolute Gasteiger partial charge is 0.489 e. The van der Waals surface area contributed by atoms with E-state index in [0.717, 1.165) is 36.9 Å². The molecule has 2 heterocycles. The average molecular weight is 516 g/mol. The van der Waals surface area contributed by atoms with E-state index < -0.39 is 0 Å². The van der Waals surface area contributed by atoms with Crippen molar-refractivity contribution in [3.8, 4) is 11.5 Å². The minimum atomic E-state index is -0.373. The van der Waals surface area contributed by atoms with E-state index in [1.54, 1.807) is 12.1 Å². The van der Waals surface area contributed by atoms with Gasteiger partial charge in [-0.3, -0.25) is 19.8 Å². The molecule has 2 aliphatic rings. The van der Waals surface area contributed by atoms with E-state index in [-0.39, 0.29) is 22.4 Å². The molecule has 0 N–H and O–H groups in total. The SMILES string of the molecule is CC(C)CN(Cc1cc(Cl)c2c(c1)OCCCO2)C(=O)[C@@H]1CCCN(Cc2cccc([N+](=O)[O-])c2)C1. The van der Waals surface area contributed by atoms with Gasteiger partial charge in [0.25, 0.3) is 5.69 Å². The molecule has 0 unspecified atom stereocenters. The molecule has 1 fully saturated rings. The van der Waals surface area contributed by atoms with E-state index in [4.69, 9.17) is 21.1 Å². The molecule has 9 heteroatoms. The highest BCUT2D eigenvalue weighted by Gasteiger charge is 2.30. The Bertz CT molecular complexity index is 1090. The summed E-state index contributed by atoms with van der Waals surface area (Å²) in [6, 6.07) is 10.5. The van der Waals surface area contributed by atoms with Crippen LogP contribution in [0.25, 0.3) is 0 Å². The Morgan fingerprint density at radius 3 is 2.78 bits per heavy atom. The number of amides is 1. The molecular formula is C27H34ClN3O5. The molecule has 8 nitrogen and oxygen atoms in total. The molecule has 1 amide bonds. The van der Waals surface area contributed by atoms with Gasteiger partial charge in [0, 0.05) is 44.7 Å². The monoisotopic (exact) mass is 515 g/mol. The molecule has 0 aromatic heterocycles. The Morgan fingerprint density at radius 1 is 1.19 bits per heavy atom. The van der Waals surface area contributed by atoms with Gasteiger partial charge in [-0.25, -0.2) is 0 Å². The van der Waals surface area contributed by atoms with Crippen LogP contribution < -0.4 is 9.47 Å². The molecule has 1 saturated heterocycles. The first kappa shape index (κ1) is 26.2. The first-order valence-corrected chi connectivity index (χ1v) is 13.0. The van der Waals surface area contributed by atoms with Gasteiger partial charge in [0.1, 0.15) is 0 Å². The number of piperidine rings is 1. The molecule has 2 aliphatic heterocycles. The topological polar surface area (TPSA) is 85.2 Å². The van der Waals surface area contributed by atoms with Gasteiger partial charge in [-0.2, -0.15) is 0 Å². The highest BCUT2D eigenvalue weighted by atomic mass is 35.5. The predicted molar refractivity (Wildman–Crippen MR) is 138 cm³/mol. The highest BCUT2D eigenvalue weighted by Crippen LogP contribution is 2.38. The summed E-state index contributed by atoms with van der Waals surface area (Å²) in [4.78, 5) is 28.6. The number of nitrogens with zero attached hydrogens (tertiary/aromatic N) is 3. The number of ether oxygens (including phenoxy) is 2. The lowest BCUT2D eigenvalue weighted by atomic mass is 9.95. The van der Waals surface area contributed by atoms with Crippen molar-refractivity contribution in [3.05, 3.63) is 62.7 Å². The zero-order valence-electron chi connectivity index (χ0n) is 21.0. The molecule has 0 radical (unpaired) electrons. The number of carbonyl (C=O) groups excluding carboxylic acids is 1. The van der Waals surface area contributed by atoms with Crippen LogP contribution in [0.4, 0.5) is 5.69 Å². The van der Waals surface area contributed by atoms with Crippen molar-refractivity contribution in [2.75, 3.05) is 32.8 Å². The molecule has 4 rings (SSSR count). The van der Waals surface area contributed by atoms with Crippen molar-refractivity contribution in [2.24, 2.45) is 11.8 Å². The second-order valence-electron chi connectivity index (χ2n) is 10.1. The number of fused-ring (bicyclic) bond motifs is 1. The van der Waals surface area contributed by atoms with Crippen molar-refractivity contribution in [1.29, 1.82) is 0 Å². The summed E-state index contributed by atoms with van der Waals surface area (Å²) in [5.74, 6) is 1.54. The predicted octanol–water partition coefficient (Wildman–Crippen LogP) is 5.31. The van der Waals surface area contributed by atoms with Crippen molar-refractivity contribution in [1.82, 2.24) is 9.80 Å². The number of non-ortho nitro benzene ring substituents is 1. The Labute approximate surface area is 217 Å². The highest BCUT2D eigenvalue weighted by molar-refractivity contribution is 6.32. The lowest BCUT2D eigenvalue weighted by Crippen LogP contribution is -2.45. The quantitative estimate of drug-likeness (QED) is 0.350. The molecular weight excluding hydrogens is 482 g/mol. The summed E-state index contributed by atoms with van der Waals surface area (Å²) < 4.78 is 11.6. The number of hydrogen-bond acceptors (Lipinski definition) is 6. The van der Waals surface area contributed by atoms with Crippen LogP contribution in [0.5, 0.6) is 11.5 Å². The summed E-state index contributed by atoms with van der Waals surface area (Å²) in [5.41, 5.74) is 1.90. The lowest BCUT2D eigenvalue weighted by Gasteiger charge is -2.35. The zero-order valence-corrected chi connectivity index (χ0v) is 21.7. The minimum Gasteiger partial charge on any atom is -0.489 e. The molecule has 0 bridgehead atoms. The maximum Gasteiger partial charge on any atom is 0.269 e. The Balaban J connectivity index is 1.46. The number of hydrogen-bond donors (Lipinski definition) is 0. The summed E-state index contributed by atoms with van der Waals surface area (Å²) in [6.07, 6.45) is 2.55. The minimum absolute atomic E-state index is 0.0917. The molecule has 0 spiro atoms. The normalized spacial score (nSPS) is 18.1. The van der Waals surface area contributed by atoms with E-state index in [2.05, 4.69) is 18.7 Å². The van der Waals surface area contributed by atoms with Gasteiger partial charge in [0.05, 0.1) is 29.1 Å². The van der Waals surface area contributed by atoms with E-state index >= 15 is 0 Å². The van der Waals surface area contributed by atoms with Gasteiger partial charge in [0.2, 0.25) is 5.91 Å². The van der Waals surface area contributed by atoms with E-state index in [1.165, 1.54) is 6.07 Å². The van der Waals surface area contributed by atoms with Crippen molar-refractivity contribution < 1.29 is 19.2 Å². The van der Waals surface area contributed by atoms with Gasteiger partial charge < -0.3 is 14.4 Å². The fraction of sp³-hybridized carbons (Fsp3) is 0.519. The van der Waals surface area contributed by atoms with Gasteiger partial charge in [-0.05, 0) is 48.6 Å². The van der Waals surface area contributed by atoms with Crippen LogP contribution in [0.3, 0.4) is 0 Å². The zero-order chi connectivity index (χ0) is 25.7. The number of likely N-dealkylation sites (tertiary alicyclic amines) is 1. The van der Waals surface area contributed by atoms with Gasteiger partial charge in [0.15, 0.2) is 11.5 Å². The number of nitro benzene ring substituents is 1. The van der Waals surface area contributed by atoms with Crippen molar-refractivity contribution in [3.63, 3.8) is 0 Å². The van der Waals surface area contributed by atoms with Crippen LogP contribution >= 0.6 is 11.6 Å². The number of rotatable bonds is 8. The number of benzene rings is 2. The smallest absolute Gasteiger partial charge is 0.269 e. The molecule has 36 heavy (non-hydrogen) atoms. The Morgan fingerprint density at radius 2 is 2.00 bits per heavy atom. The van der Waals surface area contributed by atoms with Crippen LogP contribution in [-0.4, -0.2) is 53.5 Å². The standard InChI is InChI=1S/C27H34ClN3O5/c1-19(2)15-30(17-21-13-24(28)26-25(14-21)35-10-5-11-36-26)27(32)22-7-4-9-29(18-22)16-20-6-3-8-23(12-20)31(33)34/h3,6,8,12-14,19,22H,4-5,7,9-11,15-18H2,1-2H3/t22-/m1/s1. The molecule has 194 valence electrons. The summed E-state index contributed by atoms with van der Waals surface area (Å²) in [6.45, 7) is 8.55. The molecule has 1 atom stereocenters. The summed E-state index contributed by atoms with van der Waals surface area (Å²) in [7, 11) is 0. The number of halogens is 1. The maximum absolute atomic E-state index is 13.7. The lowest BCUT2D eigenvalue weighted by molar-refractivity contribution is -0.384. The van der Waals surface area contributed by atoms with E-state index in [9.17, 15) is 14.9 Å². The molecule has 0 aliphatic carbocycles. The van der Waals surface area contributed by atoms with Crippen LogP contribution in [0.15, 0.2) is 36.4 Å². The van der Waals surface area contributed by atoms with Crippen LogP contribution in [0.2, 0.25) is 5.02 Å². The number of nitro groups is 1. The fourth-order valence-electron chi connectivity index (χ4n) is 4.95. The van der Waals surface area contributed by atoms with Crippen LogP contribution in [0, 0.1) is 22.0 Å². The summed E-state index contributed by atoms with van der Waals surface area (Å²) in [5, 5.41) is 11.6. The van der Waals surface area contributed by atoms with Crippen molar-refractivity contribution >= 4 is 23.2 Å². The third-order valence-electron chi connectivity index (χ3n) is 6.51. The first-order chi connectivity index (χ1) is 17.3. The van der Waals surface area contributed by atoms with E-state index in [0.29, 0.717) is 61.8 Å². The maximum atomic E-state index is 13.7. The second kappa shape index (κ2) is 11.9. The van der Waals surface area contributed by atoms with E-state index in [1.807, 2.05) is 23.1 Å². The van der Waals surface area contributed by atoms with Gasteiger partial charge in [-0.1, -0.05) is 37.6 Å². The third kappa shape index (κ3) is 6.68. The van der Waals surface area contributed by atoms with Gasteiger partial charge >= 0.3 is 0 Å². The van der Waals surface area contributed by atoms with Crippen LogP contribution in [0.1, 0.15) is 44.2 Å². The summed E-state index contributed by atoms with van der Waals surface area (Å²) >= 11 is 6.51. The Hall–Kier alpha value is -2.84. The third-order valence-corrected chi connectivity index (χ3v) is 6.80. The number of carbonyl (C=O) groups is 1. The fourth-order valence-corrected chi connectivity index (χ4v) is 5.24. The molecule has 2 aromatic carbocycles. The first-order valence-electron chi connectivity index (χ1n) is 12.6. The van der Waals surface area contributed by atoms with Crippen LogP contribution in [-0.2, 0) is 17.9 Å². The van der Waals surface area contributed by atoms with Gasteiger partial charge in [-0.15, -0.1) is 0 Å². The molecule has 0 saturated carbocycles.